The topological polar surface area (TPSA) is 6.48 Å². The molecule has 0 aliphatic carbocycles. The van der Waals surface area contributed by atoms with E-state index in [2.05, 4.69) is 44.2 Å². The van der Waals surface area contributed by atoms with Gasteiger partial charge in [-0.3, -0.25) is 4.90 Å². The summed E-state index contributed by atoms with van der Waals surface area (Å²) in [6.45, 7) is 13.8. The maximum atomic E-state index is 4.02. The number of nitrogens with zero attached hydrogens (tertiary/aromatic N) is 2. The second-order valence-electron chi connectivity index (χ2n) is 5.43. The van der Waals surface area contributed by atoms with Gasteiger partial charge in [0.2, 0.25) is 0 Å². The first-order chi connectivity index (χ1) is 8.61. The lowest BCUT2D eigenvalue weighted by Gasteiger charge is -2.28. The summed E-state index contributed by atoms with van der Waals surface area (Å²) >= 11 is 0. The Morgan fingerprint density at radius 3 is 2.00 bits per heavy atom. The highest BCUT2D eigenvalue weighted by Gasteiger charge is 2.04. The van der Waals surface area contributed by atoms with Crippen LogP contribution in [0.4, 0.5) is 0 Å². The van der Waals surface area contributed by atoms with Crippen LogP contribution < -0.4 is 0 Å². The summed E-state index contributed by atoms with van der Waals surface area (Å²) in [7, 11) is 2.21. The van der Waals surface area contributed by atoms with E-state index in [0.717, 1.165) is 13.2 Å². The fourth-order valence-electron chi connectivity index (χ4n) is 2.19. The number of unbranched alkanes of at least 4 members (excludes halogenated alkanes) is 6. The molecule has 2 nitrogen and oxygen atoms in total. The monoisotopic (exact) mass is 254 g/mol. The Labute approximate surface area is 115 Å². The van der Waals surface area contributed by atoms with E-state index >= 15 is 0 Å². The van der Waals surface area contributed by atoms with Crippen LogP contribution >= 0.6 is 0 Å². The predicted molar refractivity (Wildman–Crippen MR) is 82.7 cm³/mol. The van der Waals surface area contributed by atoms with E-state index in [1.165, 1.54) is 57.2 Å². The second-order valence-corrected chi connectivity index (χ2v) is 5.43. The molecule has 0 saturated carbocycles. The van der Waals surface area contributed by atoms with Gasteiger partial charge in [0, 0.05) is 12.2 Å². The van der Waals surface area contributed by atoms with E-state index in [4.69, 9.17) is 0 Å². The molecular weight excluding hydrogens is 220 g/mol. The van der Waals surface area contributed by atoms with Gasteiger partial charge in [0.25, 0.3) is 0 Å². The molecule has 0 aromatic heterocycles. The summed E-state index contributed by atoms with van der Waals surface area (Å²) in [5.74, 6) is 0. The van der Waals surface area contributed by atoms with Crippen molar-refractivity contribution in [3.05, 3.63) is 12.3 Å². The van der Waals surface area contributed by atoms with Crippen molar-refractivity contribution in [2.45, 2.75) is 65.7 Å². The fourth-order valence-corrected chi connectivity index (χ4v) is 2.19. The Bertz CT molecular complexity index is 201. The van der Waals surface area contributed by atoms with Crippen LogP contribution in [-0.4, -0.2) is 36.6 Å². The average Bonchev–Trinajstić information content (AvgIpc) is 2.34. The third-order valence-corrected chi connectivity index (χ3v) is 3.48. The Morgan fingerprint density at radius 2 is 1.50 bits per heavy atom. The SMILES string of the molecule is C=C(C)N(CC)CN(C)CCCCCCCCC. The molecule has 108 valence electrons. The van der Waals surface area contributed by atoms with Crippen LogP contribution in [0.25, 0.3) is 0 Å². The zero-order valence-corrected chi connectivity index (χ0v) is 13.2. The molecule has 0 N–H and O–H groups in total. The summed E-state index contributed by atoms with van der Waals surface area (Å²) < 4.78 is 0. The van der Waals surface area contributed by atoms with Crippen molar-refractivity contribution in [1.29, 1.82) is 0 Å². The van der Waals surface area contributed by atoms with Gasteiger partial charge in [0.1, 0.15) is 0 Å². The molecule has 0 saturated heterocycles. The van der Waals surface area contributed by atoms with Crippen LogP contribution in [0.5, 0.6) is 0 Å². The highest BCUT2D eigenvalue weighted by molar-refractivity contribution is 4.87. The van der Waals surface area contributed by atoms with Crippen molar-refractivity contribution >= 4 is 0 Å². The minimum Gasteiger partial charge on any atom is -0.363 e. The van der Waals surface area contributed by atoms with E-state index in [-0.39, 0.29) is 0 Å². The van der Waals surface area contributed by atoms with Crippen molar-refractivity contribution in [2.24, 2.45) is 0 Å². The molecule has 0 aliphatic heterocycles. The van der Waals surface area contributed by atoms with Gasteiger partial charge in [-0.05, 0) is 33.9 Å². The molecule has 0 atom stereocenters. The standard InChI is InChI=1S/C16H34N2/c1-6-8-9-10-11-12-13-14-17(5)15-18(7-2)16(3)4/h3,6-15H2,1-2,4-5H3. The van der Waals surface area contributed by atoms with E-state index < -0.39 is 0 Å². The van der Waals surface area contributed by atoms with Crippen molar-refractivity contribution in [3.8, 4) is 0 Å². The summed E-state index contributed by atoms with van der Waals surface area (Å²) in [5.41, 5.74) is 1.17. The molecule has 18 heavy (non-hydrogen) atoms. The van der Waals surface area contributed by atoms with Gasteiger partial charge in [-0.15, -0.1) is 0 Å². The maximum Gasteiger partial charge on any atom is 0.0701 e. The smallest absolute Gasteiger partial charge is 0.0701 e. The second kappa shape index (κ2) is 11.6. The Morgan fingerprint density at radius 1 is 0.944 bits per heavy atom. The van der Waals surface area contributed by atoms with Gasteiger partial charge in [-0.1, -0.05) is 52.0 Å². The van der Waals surface area contributed by atoms with Crippen molar-refractivity contribution < 1.29 is 0 Å². The zero-order chi connectivity index (χ0) is 13.8. The first-order valence-electron chi connectivity index (χ1n) is 7.70. The zero-order valence-electron chi connectivity index (χ0n) is 13.2. The van der Waals surface area contributed by atoms with Crippen LogP contribution in [0.1, 0.15) is 65.7 Å². The summed E-state index contributed by atoms with van der Waals surface area (Å²) in [4.78, 5) is 4.73. The van der Waals surface area contributed by atoms with Gasteiger partial charge in [0.15, 0.2) is 0 Å². The van der Waals surface area contributed by atoms with Crippen LogP contribution in [0.2, 0.25) is 0 Å². The largest absolute Gasteiger partial charge is 0.363 e. The van der Waals surface area contributed by atoms with E-state index in [1.54, 1.807) is 0 Å². The number of rotatable bonds is 12. The molecule has 0 heterocycles. The van der Waals surface area contributed by atoms with Crippen LogP contribution in [0.3, 0.4) is 0 Å². The number of allylic oxidation sites excluding steroid dienone is 1. The highest BCUT2D eigenvalue weighted by Crippen LogP contribution is 2.08. The molecule has 0 bridgehead atoms. The molecule has 0 unspecified atom stereocenters. The summed E-state index contributed by atoms with van der Waals surface area (Å²) in [6.07, 6.45) is 9.71. The minimum atomic E-state index is 1.02. The minimum absolute atomic E-state index is 1.02. The third-order valence-electron chi connectivity index (χ3n) is 3.48. The number of hydrogen-bond donors (Lipinski definition) is 0. The summed E-state index contributed by atoms with van der Waals surface area (Å²) in [5, 5.41) is 0. The summed E-state index contributed by atoms with van der Waals surface area (Å²) in [6, 6.07) is 0. The molecular formula is C16H34N2. The van der Waals surface area contributed by atoms with E-state index in [1.807, 2.05) is 0 Å². The fraction of sp³-hybridized carbons (Fsp3) is 0.875. The lowest BCUT2D eigenvalue weighted by Crippen LogP contribution is -2.34. The average molecular weight is 254 g/mol. The van der Waals surface area contributed by atoms with Gasteiger partial charge < -0.3 is 4.90 Å². The van der Waals surface area contributed by atoms with Gasteiger partial charge in [0.05, 0.1) is 6.67 Å². The third kappa shape index (κ3) is 9.52. The van der Waals surface area contributed by atoms with Gasteiger partial charge in [-0.25, -0.2) is 0 Å². The maximum absolute atomic E-state index is 4.02. The quantitative estimate of drug-likeness (QED) is 0.374. The molecule has 0 fully saturated rings. The predicted octanol–water partition coefficient (Wildman–Crippen LogP) is 4.48. The van der Waals surface area contributed by atoms with Crippen molar-refractivity contribution in [2.75, 3.05) is 26.8 Å². The Balaban J connectivity index is 3.46. The Hall–Kier alpha value is -0.500. The van der Waals surface area contributed by atoms with Crippen LogP contribution in [0, 0.1) is 0 Å². The highest BCUT2D eigenvalue weighted by atomic mass is 15.3. The van der Waals surface area contributed by atoms with Crippen LogP contribution in [0.15, 0.2) is 12.3 Å². The molecule has 0 aliphatic rings. The van der Waals surface area contributed by atoms with E-state index in [9.17, 15) is 0 Å². The molecule has 0 amide bonds. The molecule has 0 spiro atoms. The van der Waals surface area contributed by atoms with Crippen molar-refractivity contribution in [1.82, 2.24) is 9.80 Å². The molecule has 2 heteroatoms. The molecule has 0 aromatic carbocycles. The lowest BCUT2D eigenvalue weighted by molar-refractivity contribution is 0.193. The van der Waals surface area contributed by atoms with Crippen LogP contribution in [-0.2, 0) is 0 Å². The van der Waals surface area contributed by atoms with Gasteiger partial charge in [-0.2, -0.15) is 0 Å². The van der Waals surface area contributed by atoms with E-state index in [0.29, 0.717) is 0 Å². The van der Waals surface area contributed by atoms with Gasteiger partial charge >= 0.3 is 0 Å². The van der Waals surface area contributed by atoms with Crippen molar-refractivity contribution in [3.63, 3.8) is 0 Å². The lowest BCUT2D eigenvalue weighted by atomic mass is 10.1. The number of hydrogen-bond acceptors (Lipinski definition) is 2. The molecule has 0 aromatic rings. The molecule has 0 radical (unpaired) electrons. The molecule has 0 rings (SSSR count). The first-order valence-corrected chi connectivity index (χ1v) is 7.70. The first kappa shape index (κ1) is 17.5. The normalized spacial score (nSPS) is 10.9. The Kier molecular flexibility index (Phi) is 11.3.